The predicted molar refractivity (Wildman–Crippen MR) is 91.8 cm³/mol. The molecule has 110 valence electrons. The third-order valence-electron chi connectivity index (χ3n) is 3.12. The minimum absolute atomic E-state index is 0.164. The van der Waals surface area contributed by atoms with Gasteiger partial charge in [0.1, 0.15) is 0 Å². The lowest BCUT2D eigenvalue weighted by atomic mass is 10.0. The Morgan fingerprint density at radius 2 is 1.85 bits per heavy atom. The highest BCUT2D eigenvalue weighted by Gasteiger charge is 2.16. The van der Waals surface area contributed by atoms with Crippen LogP contribution in [0.15, 0.2) is 35.3 Å². The van der Waals surface area contributed by atoms with Crippen molar-refractivity contribution in [2.24, 2.45) is 4.99 Å². The molecule has 0 aromatic heterocycles. The molecular weight excluding hydrogens is 286 g/mol. The summed E-state index contributed by atoms with van der Waals surface area (Å²) in [6.45, 7) is 4.10. The first-order valence-electron chi connectivity index (χ1n) is 7.38. The van der Waals surface area contributed by atoms with Gasteiger partial charge in [-0.15, -0.1) is 0 Å². The highest BCUT2D eigenvalue weighted by molar-refractivity contribution is 8.82. The zero-order valence-electron chi connectivity index (χ0n) is 12.2. The van der Waals surface area contributed by atoms with E-state index in [-0.39, 0.29) is 6.10 Å². The minimum atomic E-state index is 0.164. The Labute approximate surface area is 130 Å². The Hall–Kier alpha value is -0.610. The number of ether oxygens (including phenoxy) is 1. The number of nitrogens with zero attached hydrogens (tertiary/aromatic N) is 1. The molecule has 1 fully saturated rings. The van der Waals surface area contributed by atoms with E-state index in [9.17, 15) is 0 Å². The molecule has 1 saturated carbocycles. The molecule has 0 N–H and O–H groups in total. The first kappa shape index (κ1) is 15.8. The van der Waals surface area contributed by atoms with Crippen molar-refractivity contribution >= 4 is 32.5 Å². The largest absolute Gasteiger partial charge is 0.470 e. The van der Waals surface area contributed by atoms with Crippen LogP contribution in [0.25, 0.3) is 0 Å². The van der Waals surface area contributed by atoms with Gasteiger partial charge in [0.05, 0.1) is 11.8 Å². The molecule has 0 amide bonds. The fourth-order valence-corrected chi connectivity index (χ4v) is 4.73. The van der Waals surface area contributed by atoms with Gasteiger partial charge in [-0.25, -0.2) is 4.99 Å². The molecule has 4 heteroatoms. The molecule has 0 aliphatic heterocycles. The van der Waals surface area contributed by atoms with Crippen molar-refractivity contribution in [1.82, 2.24) is 0 Å². The van der Waals surface area contributed by atoms with Crippen LogP contribution in [0.3, 0.4) is 0 Å². The van der Waals surface area contributed by atoms with Gasteiger partial charge >= 0.3 is 0 Å². The Morgan fingerprint density at radius 3 is 2.50 bits per heavy atom. The first-order valence-corrected chi connectivity index (χ1v) is 9.59. The zero-order chi connectivity index (χ0) is 14.2. The average Bonchev–Trinajstić information content (AvgIpc) is 2.46. The number of rotatable bonds is 4. The summed E-state index contributed by atoms with van der Waals surface area (Å²) in [5.41, 5.74) is 0.958. The third kappa shape index (κ3) is 5.80. The van der Waals surface area contributed by atoms with E-state index in [0.717, 1.165) is 16.2 Å². The molecule has 0 heterocycles. The summed E-state index contributed by atoms with van der Waals surface area (Å²) in [5, 5.41) is 1.53. The summed E-state index contributed by atoms with van der Waals surface area (Å²) in [6.07, 6.45) is 6.96. The number of hydrogen-bond acceptors (Lipinski definition) is 4. The van der Waals surface area contributed by atoms with E-state index in [1.807, 2.05) is 55.0 Å². The van der Waals surface area contributed by atoms with E-state index < -0.39 is 0 Å². The Balaban J connectivity index is 1.94. The second-order valence-electron chi connectivity index (χ2n) is 5.32. The maximum atomic E-state index is 5.84. The van der Waals surface area contributed by atoms with Gasteiger partial charge in [-0.3, -0.25) is 0 Å². The lowest BCUT2D eigenvalue weighted by Crippen LogP contribution is -2.10. The maximum Gasteiger partial charge on any atom is 0.262 e. The Morgan fingerprint density at radius 1 is 1.15 bits per heavy atom. The molecule has 0 saturated heterocycles. The number of para-hydroxylation sites is 1. The van der Waals surface area contributed by atoms with E-state index in [0.29, 0.717) is 0 Å². The van der Waals surface area contributed by atoms with Crippen LogP contribution in [0.4, 0.5) is 5.69 Å². The molecule has 0 spiro atoms. The topological polar surface area (TPSA) is 21.6 Å². The summed E-state index contributed by atoms with van der Waals surface area (Å²) in [4.78, 5) is 4.62. The first-order chi connectivity index (χ1) is 9.74. The van der Waals surface area contributed by atoms with Crippen LogP contribution < -0.4 is 0 Å². The number of benzene rings is 1. The van der Waals surface area contributed by atoms with Crippen LogP contribution in [0.1, 0.15) is 46.0 Å². The van der Waals surface area contributed by atoms with Crippen LogP contribution in [0.5, 0.6) is 0 Å². The highest BCUT2D eigenvalue weighted by Crippen LogP contribution is 2.37. The van der Waals surface area contributed by atoms with Gasteiger partial charge in [0, 0.05) is 16.0 Å². The zero-order valence-corrected chi connectivity index (χ0v) is 13.9. The molecule has 0 unspecified atom stereocenters. The van der Waals surface area contributed by atoms with Crippen LogP contribution in [0, 0.1) is 0 Å². The second-order valence-corrected chi connectivity index (χ2v) is 7.77. The lowest BCUT2D eigenvalue weighted by Gasteiger charge is -2.20. The molecule has 2 nitrogen and oxygen atoms in total. The summed E-state index contributed by atoms with van der Waals surface area (Å²) < 4.78 is 5.84. The standard InChI is InChI=1S/C16H23NOS2/c1-13(2)18-16(17-14-9-5-3-6-10-14)20-19-15-11-7-4-8-12-15/h3,5-6,9-10,13,15H,4,7-8,11-12H2,1-2H3. The Kier molecular flexibility index (Phi) is 6.80. The second kappa shape index (κ2) is 8.63. The van der Waals surface area contributed by atoms with Crippen LogP contribution >= 0.6 is 21.6 Å². The molecular formula is C16H23NOS2. The predicted octanol–water partition coefficient (Wildman–Crippen LogP) is 5.81. The molecule has 1 aliphatic carbocycles. The van der Waals surface area contributed by atoms with Crippen molar-refractivity contribution in [3.05, 3.63) is 30.3 Å². The van der Waals surface area contributed by atoms with Crippen molar-refractivity contribution in [2.75, 3.05) is 0 Å². The van der Waals surface area contributed by atoms with Crippen molar-refractivity contribution in [2.45, 2.75) is 57.3 Å². The third-order valence-corrected chi connectivity index (χ3v) is 5.82. The Bertz CT molecular complexity index is 414. The van der Waals surface area contributed by atoms with Crippen LogP contribution in [0.2, 0.25) is 0 Å². The smallest absolute Gasteiger partial charge is 0.262 e. The monoisotopic (exact) mass is 309 g/mol. The molecule has 0 atom stereocenters. The fourth-order valence-electron chi connectivity index (χ4n) is 2.14. The molecule has 20 heavy (non-hydrogen) atoms. The van der Waals surface area contributed by atoms with Crippen LogP contribution in [-0.2, 0) is 4.74 Å². The van der Waals surface area contributed by atoms with Crippen molar-refractivity contribution in [3.63, 3.8) is 0 Å². The summed E-state index contributed by atoms with van der Waals surface area (Å²) in [5.74, 6) is 0. The molecule has 1 aromatic carbocycles. The van der Waals surface area contributed by atoms with Gasteiger partial charge in [-0.05, 0) is 38.8 Å². The molecule has 0 radical (unpaired) electrons. The maximum absolute atomic E-state index is 5.84. The number of aliphatic imine (C=N–C) groups is 1. The van der Waals surface area contributed by atoms with Gasteiger partial charge in [0.2, 0.25) is 0 Å². The van der Waals surface area contributed by atoms with Crippen molar-refractivity contribution < 1.29 is 4.74 Å². The van der Waals surface area contributed by atoms with E-state index in [2.05, 4.69) is 4.99 Å². The summed E-state index contributed by atoms with van der Waals surface area (Å²) in [7, 11) is 3.62. The van der Waals surface area contributed by atoms with Crippen molar-refractivity contribution in [3.8, 4) is 0 Å². The normalized spacial score (nSPS) is 17.4. The highest BCUT2D eigenvalue weighted by atomic mass is 33.1. The lowest BCUT2D eigenvalue weighted by molar-refractivity contribution is 0.237. The molecule has 2 rings (SSSR count). The van der Waals surface area contributed by atoms with Gasteiger partial charge < -0.3 is 4.74 Å². The van der Waals surface area contributed by atoms with E-state index in [1.54, 1.807) is 10.8 Å². The van der Waals surface area contributed by atoms with Crippen molar-refractivity contribution in [1.29, 1.82) is 0 Å². The quantitative estimate of drug-likeness (QED) is 0.398. The van der Waals surface area contributed by atoms with E-state index >= 15 is 0 Å². The summed E-state index contributed by atoms with van der Waals surface area (Å²) in [6, 6.07) is 10.0. The van der Waals surface area contributed by atoms with Gasteiger partial charge in [0.15, 0.2) is 0 Å². The average molecular weight is 310 g/mol. The van der Waals surface area contributed by atoms with E-state index in [1.165, 1.54) is 32.1 Å². The van der Waals surface area contributed by atoms with Gasteiger partial charge in [-0.2, -0.15) is 0 Å². The molecule has 1 aromatic rings. The fraction of sp³-hybridized carbons (Fsp3) is 0.562. The molecule has 0 bridgehead atoms. The SMILES string of the molecule is CC(C)OC(=Nc1ccccc1)SSC1CCCCC1. The number of hydrogen-bond donors (Lipinski definition) is 0. The van der Waals surface area contributed by atoms with Gasteiger partial charge in [-0.1, -0.05) is 48.3 Å². The van der Waals surface area contributed by atoms with Gasteiger partial charge in [0.25, 0.3) is 5.23 Å². The van der Waals surface area contributed by atoms with E-state index in [4.69, 9.17) is 4.74 Å². The van der Waals surface area contributed by atoms with Crippen LogP contribution in [-0.4, -0.2) is 16.6 Å². The summed E-state index contributed by atoms with van der Waals surface area (Å²) >= 11 is 0. The molecule has 1 aliphatic rings. The minimum Gasteiger partial charge on any atom is -0.470 e.